The van der Waals surface area contributed by atoms with E-state index < -0.39 is 128 Å². The Morgan fingerprint density at radius 1 is 0.543 bits per heavy atom. The average Bonchev–Trinajstić information content (AvgIpc) is 3.39. The van der Waals surface area contributed by atoms with E-state index in [1.54, 1.807) is 72.7 Å². The van der Waals surface area contributed by atoms with Gasteiger partial charge >= 0.3 is 24.1 Å². The summed E-state index contributed by atoms with van der Waals surface area (Å²) < 4.78 is 5.22. The van der Waals surface area contributed by atoms with E-state index >= 15 is 0 Å². The number of amides is 15. The second kappa shape index (κ2) is 37.3. The van der Waals surface area contributed by atoms with E-state index in [1.165, 1.54) is 26.7 Å². The number of unbranched alkanes of at least 4 members (excludes halogenated alkanes) is 1. The van der Waals surface area contributed by atoms with Gasteiger partial charge in [-0.1, -0.05) is 32.6 Å². The Morgan fingerprint density at radius 3 is 1.41 bits per heavy atom. The first kappa shape index (κ1) is 69.5. The van der Waals surface area contributed by atoms with E-state index in [9.17, 15) is 52.7 Å². The van der Waals surface area contributed by atoms with Crippen molar-refractivity contribution in [3.05, 3.63) is 24.3 Å². The van der Waals surface area contributed by atoms with Gasteiger partial charge in [-0.2, -0.15) is 0 Å². The van der Waals surface area contributed by atoms with Crippen LogP contribution in [-0.4, -0.2) is 218 Å². The van der Waals surface area contributed by atoms with Gasteiger partial charge < -0.3 is 88.6 Å². The Balaban J connectivity index is 2.26. The van der Waals surface area contributed by atoms with Crippen LogP contribution in [0.25, 0.3) is 0 Å². The van der Waals surface area contributed by atoms with Gasteiger partial charge in [0.25, 0.3) is 0 Å². The van der Waals surface area contributed by atoms with E-state index in [0.29, 0.717) is 37.5 Å². The Morgan fingerprint density at radius 2 is 0.975 bits per heavy atom. The number of primary amides is 1. The van der Waals surface area contributed by atoms with Crippen LogP contribution in [-0.2, 0) is 33.6 Å². The topological polar surface area (TPSA) is 374 Å². The molecule has 0 aliphatic heterocycles. The summed E-state index contributed by atoms with van der Waals surface area (Å²) in [6.45, 7) is 11.7. The van der Waals surface area contributed by atoms with Gasteiger partial charge in [-0.25, -0.2) is 19.2 Å². The van der Waals surface area contributed by atoms with Crippen molar-refractivity contribution in [2.75, 3.05) is 97.5 Å². The number of anilines is 1. The lowest BCUT2D eigenvalue weighted by Crippen LogP contribution is -2.56. The number of ether oxygens (including phenoxy) is 1. The smallest absolute Gasteiger partial charge is 0.322 e. The molecule has 0 heterocycles. The molecule has 0 unspecified atom stereocenters. The van der Waals surface area contributed by atoms with Crippen molar-refractivity contribution in [3.63, 3.8) is 0 Å². The van der Waals surface area contributed by atoms with Crippen LogP contribution >= 0.6 is 0 Å². The van der Waals surface area contributed by atoms with Gasteiger partial charge in [0, 0.05) is 94.3 Å². The first-order chi connectivity index (χ1) is 38.4. The highest BCUT2D eigenvalue weighted by Gasteiger charge is 2.29. The van der Waals surface area contributed by atoms with E-state index in [1.807, 2.05) is 6.92 Å². The molecule has 0 spiro atoms. The van der Waals surface area contributed by atoms with E-state index in [-0.39, 0.29) is 45.3 Å². The first-order valence-corrected chi connectivity index (χ1v) is 27.9. The molecule has 28 nitrogen and oxygen atoms in total. The highest BCUT2D eigenvalue weighted by Crippen LogP contribution is 2.18. The second-order valence-corrected chi connectivity index (χ2v) is 20.6. The van der Waals surface area contributed by atoms with Crippen molar-refractivity contribution < 1.29 is 57.5 Å². The lowest BCUT2D eigenvalue weighted by atomic mass is 9.96. The van der Waals surface area contributed by atoms with Crippen LogP contribution in [0.2, 0.25) is 0 Å². The van der Waals surface area contributed by atoms with Crippen LogP contribution in [0.15, 0.2) is 24.3 Å². The Kier molecular flexibility index (Phi) is 32.0. The molecule has 0 saturated heterocycles. The molecule has 1 fully saturated rings. The van der Waals surface area contributed by atoms with Gasteiger partial charge in [0.15, 0.2) is 0 Å². The molecule has 0 bridgehead atoms. The maximum Gasteiger partial charge on any atom is 0.322 e. The van der Waals surface area contributed by atoms with Crippen molar-refractivity contribution in [2.24, 2.45) is 11.5 Å². The van der Waals surface area contributed by atoms with Crippen LogP contribution in [0.5, 0.6) is 5.75 Å². The summed E-state index contributed by atoms with van der Waals surface area (Å²) >= 11 is 0. The second-order valence-electron chi connectivity index (χ2n) is 20.6. The summed E-state index contributed by atoms with van der Waals surface area (Å²) in [5.74, 6) is -3.88. The molecule has 1 aliphatic rings. The van der Waals surface area contributed by atoms with Crippen molar-refractivity contribution in [1.82, 2.24) is 67.0 Å². The predicted octanol–water partition coefficient (Wildman–Crippen LogP) is -0.0773. The number of nitrogens with two attached hydrogens (primary N) is 2. The zero-order valence-electron chi connectivity index (χ0n) is 48.9. The monoisotopic (exact) mass is 1140 g/mol. The standard InChI is InChI=1S/C53H92N16O12/c1-10-13-23-58-51(78)67(27-37(6)60-48(75)34-69(53(80)64-41-19-21-42(81-9)22-20-41)29-38(7)61-45(72)31-66(25-35(4)54)50(77)57-12-3)32-46(73)62-39(8)28-68(52(79)63-40-17-15-14-16-18-40)33-47(74)59-36(5)26-65(30-43(55)70)49(76)24-44(71)56-11-2/h19-22,35-40H,10-18,23-34,54H2,1-9H3,(H2,55,70)(H,56,71)(H,57,77)(H,58,78)(H,59,74)(H,60,75)(H,61,72)(H,62,73)(H,63,79)(H,64,80)/t35-,36-,37-,38-,39-/m0/s1. The van der Waals surface area contributed by atoms with Crippen LogP contribution < -0.4 is 64.1 Å². The highest BCUT2D eigenvalue weighted by atomic mass is 16.5. The Hall–Kier alpha value is -7.65. The molecular weight excluding hydrogens is 1050 g/mol. The minimum atomic E-state index is -0.820. The van der Waals surface area contributed by atoms with Gasteiger partial charge in [-0.15, -0.1) is 0 Å². The van der Waals surface area contributed by atoms with Crippen molar-refractivity contribution >= 4 is 71.2 Å². The highest BCUT2D eigenvalue weighted by molar-refractivity contribution is 5.98. The van der Waals surface area contributed by atoms with E-state index in [0.717, 1.165) is 43.4 Å². The molecule has 1 aromatic rings. The van der Waals surface area contributed by atoms with Crippen LogP contribution in [0.3, 0.4) is 0 Å². The fraction of sp³-hybridized carbons (Fsp3) is 0.679. The summed E-state index contributed by atoms with van der Waals surface area (Å²) in [6.07, 6.45) is 5.25. The minimum Gasteiger partial charge on any atom is -0.497 e. The lowest BCUT2D eigenvalue weighted by Gasteiger charge is -2.31. The minimum absolute atomic E-state index is 0.103. The van der Waals surface area contributed by atoms with Gasteiger partial charge in [0.1, 0.15) is 38.3 Å². The summed E-state index contributed by atoms with van der Waals surface area (Å²) in [5, 5.41) is 24.9. The molecule has 1 saturated carbocycles. The van der Waals surface area contributed by atoms with Crippen molar-refractivity contribution in [3.8, 4) is 5.75 Å². The zero-order chi connectivity index (χ0) is 60.6. The molecule has 0 radical (unpaired) electrons. The summed E-state index contributed by atoms with van der Waals surface area (Å²) in [6, 6.07) is 0.626. The lowest BCUT2D eigenvalue weighted by molar-refractivity contribution is -0.139. The molecule has 1 aromatic carbocycles. The third kappa shape index (κ3) is 28.9. The average molecular weight is 1150 g/mol. The molecule has 0 aromatic heterocycles. The molecule has 81 heavy (non-hydrogen) atoms. The molecule has 2 rings (SSSR count). The molecule has 15 amide bonds. The number of benzene rings is 1. The number of hydrogen-bond acceptors (Lipinski definition) is 13. The summed E-state index contributed by atoms with van der Waals surface area (Å²) in [5.41, 5.74) is 11.7. The third-order valence-corrected chi connectivity index (χ3v) is 12.4. The van der Waals surface area contributed by atoms with Crippen LogP contribution in [0, 0.1) is 0 Å². The fourth-order valence-electron chi connectivity index (χ4n) is 8.79. The Bertz CT molecular complexity index is 2220. The first-order valence-electron chi connectivity index (χ1n) is 27.9. The number of nitrogens with zero attached hydrogens (tertiary/aromatic N) is 5. The SMILES string of the molecule is CCCCNC(=O)N(CC(=O)N[C@@H](C)CN(CC(=O)N[C@@H](C)CN(CC(N)=O)C(=O)CC(=O)NCC)C(=O)NC1CCCCC1)C[C@H](C)NC(=O)CN(C[C@H](C)NC(=O)CN(C[C@H](C)N)C(=O)NCC)C(=O)Nc1ccc(OC)cc1. The normalized spacial score (nSPS) is 13.9. The molecule has 456 valence electrons. The quantitative estimate of drug-likeness (QED) is 0.0318. The van der Waals surface area contributed by atoms with Crippen LogP contribution in [0.4, 0.5) is 24.9 Å². The number of carbonyl (C=O) groups is 11. The zero-order valence-corrected chi connectivity index (χ0v) is 48.9. The third-order valence-electron chi connectivity index (χ3n) is 12.4. The van der Waals surface area contributed by atoms with Crippen molar-refractivity contribution in [2.45, 2.75) is 143 Å². The Labute approximate surface area is 476 Å². The van der Waals surface area contributed by atoms with Gasteiger partial charge in [-0.05, 0) is 92.0 Å². The number of nitrogens with one attached hydrogen (secondary N) is 9. The van der Waals surface area contributed by atoms with E-state index in [2.05, 4.69) is 47.9 Å². The van der Waals surface area contributed by atoms with Crippen molar-refractivity contribution in [1.29, 1.82) is 0 Å². The molecule has 5 atom stereocenters. The number of hydrogen-bond donors (Lipinski definition) is 11. The molecule has 28 heteroatoms. The van der Waals surface area contributed by atoms with Crippen LogP contribution in [0.1, 0.15) is 107 Å². The number of carbonyl (C=O) groups excluding carboxylic acids is 11. The summed E-state index contributed by atoms with van der Waals surface area (Å²) in [7, 11) is 1.50. The van der Waals surface area contributed by atoms with Gasteiger partial charge in [0.05, 0.1) is 13.7 Å². The number of methoxy groups -OCH3 is 1. The maximum absolute atomic E-state index is 13.8. The predicted molar refractivity (Wildman–Crippen MR) is 304 cm³/mol. The molecule has 13 N–H and O–H groups in total. The molecular formula is C53H92N16O12. The summed E-state index contributed by atoms with van der Waals surface area (Å²) in [4.78, 5) is 151. The number of urea groups is 4. The van der Waals surface area contributed by atoms with E-state index in [4.69, 9.17) is 16.2 Å². The van der Waals surface area contributed by atoms with Gasteiger partial charge in [0.2, 0.25) is 41.4 Å². The van der Waals surface area contributed by atoms with Gasteiger partial charge in [-0.3, -0.25) is 33.6 Å². The largest absolute Gasteiger partial charge is 0.497 e. The molecule has 1 aliphatic carbocycles. The number of rotatable bonds is 34. The fourth-order valence-corrected chi connectivity index (χ4v) is 8.79. The maximum atomic E-state index is 13.8.